The lowest BCUT2D eigenvalue weighted by Gasteiger charge is -2.25. The van der Waals surface area contributed by atoms with Crippen molar-refractivity contribution < 1.29 is 8.83 Å². The van der Waals surface area contributed by atoms with Crippen molar-refractivity contribution in [3.8, 4) is 11.4 Å². The summed E-state index contributed by atoms with van der Waals surface area (Å²) in [6.45, 7) is 0. The Morgan fingerprint density at radius 2 is 0.847 bits per heavy atom. The number of anilines is 3. The van der Waals surface area contributed by atoms with E-state index >= 15 is 0 Å². The maximum absolute atomic E-state index is 7.32. The van der Waals surface area contributed by atoms with Gasteiger partial charge < -0.3 is 22.9 Å². The normalized spacial score (nSPS) is 12.1. The molecule has 0 aliphatic carbocycles. The minimum absolute atomic E-state index is 0.882. The molecule has 0 saturated heterocycles. The van der Waals surface area contributed by atoms with E-state index in [2.05, 4.69) is 202 Å². The highest BCUT2D eigenvalue weighted by Gasteiger charge is 2.24. The van der Waals surface area contributed by atoms with Gasteiger partial charge in [-0.25, -0.2) is 0 Å². The first-order valence-electron chi connectivity index (χ1n) is 20.0. The molecule has 0 aliphatic rings. The number of para-hydroxylation sites is 5. The first kappa shape index (κ1) is 32.1. The molecule has 59 heavy (non-hydrogen) atoms. The lowest BCUT2D eigenvalue weighted by atomic mass is 10.1. The second-order valence-electron chi connectivity index (χ2n) is 15.3. The molecule has 0 amide bonds. The minimum atomic E-state index is 0.882. The van der Waals surface area contributed by atoms with E-state index in [4.69, 9.17) is 8.83 Å². The Bertz CT molecular complexity index is 3740. The van der Waals surface area contributed by atoms with E-state index in [9.17, 15) is 0 Å². The van der Waals surface area contributed by atoms with Gasteiger partial charge in [-0.05, 0) is 109 Å². The van der Waals surface area contributed by atoms with Gasteiger partial charge >= 0.3 is 0 Å². The van der Waals surface area contributed by atoms with Crippen LogP contribution in [0.25, 0.3) is 98.9 Å². The van der Waals surface area contributed by atoms with Crippen LogP contribution in [0.15, 0.2) is 209 Å². The van der Waals surface area contributed by atoms with Gasteiger partial charge in [-0.15, -0.1) is 0 Å². The Hall–Kier alpha value is -8.02. The van der Waals surface area contributed by atoms with E-state index in [0.717, 1.165) is 116 Å². The third-order valence-electron chi connectivity index (χ3n) is 12.1. The molecular formula is C54H33N3O2. The van der Waals surface area contributed by atoms with E-state index in [-0.39, 0.29) is 0 Å². The van der Waals surface area contributed by atoms with E-state index < -0.39 is 0 Å². The molecule has 0 aliphatic heterocycles. The zero-order valence-corrected chi connectivity index (χ0v) is 31.7. The van der Waals surface area contributed by atoms with Gasteiger partial charge in [0.05, 0.1) is 32.8 Å². The Kier molecular flexibility index (Phi) is 6.66. The Labute approximate surface area is 337 Å². The summed E-state index contributed by atoms with van der Waals surface area (Å²) in [5.41, 5.74) is 13.4. The van der Waals surface area contributed by atoms with Crippen molar-refractivity contribution in [2.75, 3.05) is 4.90 Å². The third-order valence-corrected chi connectivity index (χ3v) is 12.1. The monoisotopic (exact) mass is 755 g/mol. The zero-order valence-electron chi connectivity index (χ0n) is 31.7. The molecule has 5 nitrogen and oxygen atoms in total. The average Bonchev–Trinajstić information content (AvgIpc) is 4.05. The first-order chi connectivity index (χ1) is 29.3. The van der Waals surface area contributed by atoms with Crippen LogP contribution in [0, 0.1) is 0 Å². The van der Waals surface area contributed by atoms with Gasteiger partial charge in [-0.2, -0.15) is 0 Å². The standard InChI is InChI=1S/C54H33N3O2/c1-4-14-34(15-5-1)55(35-16-6-2-7-17-35)37-24-28-46-44(33-37)52-48(56(46)36-18-8-3-9-19-36)30-27-41-40-26-29-47-51(53(40)59-54(41)52)42-21-10-12-22-45(42)57(47)38-25-31-50-43(32-38)39-20-11-13-23-49(39)58-50/h1-33H. The summed E-state index contributed by atoms with van der Waals surface area (Å²) in [5.74, 6) is 0. The summed E-state index contributed by atoms with van der Waals surface area (Å²) >= 11 is 0. The minimum Gasteiger partial charge on any atom is -0.456 e. The quantitative estimate of drug-likeness (QED) is 0.176. The summed E-state index contributed by atoms with van der Waals surface area (Å²) in [4.78, 5) is 2.33. The molecule has 0 bridgehead atoms. The highest BCUT2D eigenvalue weighted by molar-refractivity contribution is 6.29. The fraction of sp³-hybridized carbons (Fsp3) is 0. The third kappa shape index (κ3) is 4.61. The van der Waals surface area contributed by atoms with Crippen molar-refractivity contribution in [1.82, 2.24) is 9.13 Å². The van der Waals surface area contributed by atoms with E-state index in [1.165, 1.54) is 0 Å². The summed E-state index contributed by atoms with van der Waals surface area (Å²) in [5, 5.41) is 8.88. The topological polar surface area (TPSA) is 39.4 Å². The molecule has 0 spiro atoms. The Morgan fingerprint density at radius 3 is 1.56 bits per heavy atom. The number of rotatable bonds is 5. The van der Waals surface area contributed by atoms with E-state index in [1.54, 1.807) is 0 Å². The van der Waals surface area contributed by atoms with Crippen LogP contribution in [0.3, 0.4) is 0 Å². The second kappa shape index (κ2) is 12.2. The van der Waals surface area contributed by atoms with E-state index in [1.807, 2.05) is 12.1 Å². The molecule has 276 valence electrons. The molecule has 4 aromatic heterocycles. The zero-order chi connectivity index (χ0) is 38.6. The van der Waals surface area contributed by atoms with E-state index in [0.29, 0.717) is 0 Å². The van der Waals surface area contributed by atoms with Crippen molar-refractivity contribution >= 4 is 105 Å². The van der Waals surface area contributed by atoms with Gasteiger partial charge in [0.2, 0.25) is 0 Å². The molecule has 4 heterocycles. The van der Waals surface area contributed by atoms with Crippen LogP contribution in [0.2, 0.25) is 0 Å². The lowest BCUT2D eigenvalue weighted by molar-refractivity contribution is 0.669. The Morgan fingerprint density at radius 1 is 0.305 bits per heavy atom. The number of furan rings is 2. The average molecular weight is 756 g/mol. The molecule has 13 rings (SSSR count). The van der Waals surface area contributed by atoms with Crippen LogP contribution in [0.1, 0.15) is 0 Å². The van der Waals surface area contributed by atoms with Crippen LogP contribution in [-0.2, 0) is 0 Å². The first-order valence-corrected chi connectivity index (χ1v) is 20.0. The number of hydrogen-bond acceptors (Lipinski definition) is 3. The van der Waals surface area contributed by atoms with Gasteiger partial charge in [0, 0.05) is 60.8 Å². The smallest absolute Gasteiger partial charge is 0.145 e. The molecule has 0 N–H and O–H groups in total. The largest absolute Gasteiger partial charge is 0.456 e. The molecule has 0 unspecified atom stereocenters. The van der Waals surface area contributed by atoms with Gasteiger partial charge in [-0.3, -0.25) is 0 Å². The molecule has 0 fully saturated rings. The predicted molar refractivity (Wildman–Crippen MR) is 244 cm³/mol. The molecule has 13 aromatic rings. The van der Waals surface area contributed by atoms with Crippen LogP contribution in [-0.4, -0.2) is 9.13 Å². The molecule has 0 saturated carbocycles. The molecule has 9 aromatic carbocycles. The number of hydrogen-bond donors (Lipinski definition) is 0. The molecular weight excluding hydrogens is 723 g/mol. The number of nitrogens with zero attached hydrogens (tertiary/aromatic N) is 3. The fourth-order valence-corrected chi connectivity index (χ4v) is 9.56. The number of fused-ring (bicyclic) bond motifs is 14. The SMILES string of the molecule is c1ccc(N(c2ccccc2)c2ccc3c(c2)c2c4oc5c(ccc6c5c5ccccc5n6-c5ccc6oc7ccccc7c6c5)c4ccc2n3-c2ccccc2)cc1. The summed E-state index contributed by atoms with van der Waals surface area (Å²) < 4.78 is 18.3. The van der Waals surface area contributed by atoms with Crippen LogP contribution in [0.5, 0.6) is 0 Å². The fourth-order valence-electron chi connectivity index (χ4n) is 9.56. The summed E-state index contributed by atoms with van der Waals surface area (Å²) in [6, 6.07) is 71.1. The van der Waals surface area contributed by atoms with Gasteiger partial charge in [0.1, 0.15) is 22.3 Å². The van der Waals surface area contributed by atoms with Gasteiger partial charge in [-0.1, -0.05) is 91.0 Å². The van der Waals surface area contributed by atoms with Crippen molar-refractivity contribution in [1.29, 1.82) is 0 Å². The van der Waals surface area contributed by atoms with Crippen molar-refractivity contribution in [3.05, 3.63) is 200 Å². The maximum Gasteiger partial charge on any atom is 0.145 e. The predicted octanol–water partition coefficient (Wildman–Crippen LogP) is 15.1. The van der Waals surface area contributed by atoms with Gasteiger partial charge in [0.25, 0.3) is 0 Å². The summed E-state index contributed by atoms with van der Waals surface area (Å²) in [7, 11) is 0. The lowest BCUT2D eigenvalue weighted by Crippen LogP contribution is -2.09. The number of aromatic nitrogens is 2. The van der Waals surface area contributed by atoms with Gasteiger partial charge in [0.15, 0.2) is 0 Å². The van der Waals surface area contributed by atoms with Crippen molar-refractivity contribution in [2.24, 2.45) is 0 Å². The van der Waals surface area contributed by atoms with Crippen molar-refractivity contribution in [3.63, 3.8) is 0 Å². The van der Waals surface area contributed by atoms with Crippen LogP contribution in [0.4, 0.5) is 17.1 Å². The second-order valence-corrected chi connectivity index (χ2v) is 15.3. The van der Waals surface area contributed by atoms with Crippen LogP contribution < -0.4 is 4.90 Å². The molecule has 0 radical (unpaired) electrons. The van der Waals surface area contributed by atoms with Crippen LogP contribution >= 0.6 is 0 Å². The van der Waals surface area contributed by atoms with Crippen molar-refractivity contribution in [2.45, 2.75) is 0 Å². The molecule has 0 atom stereocenters. The Balaban J connectivity index is 1.11. The summed E-state index contributed by atoms with van der Waals surface area (Å²) in [6.07, 6.45) is 0. The highest BCUT2D eigenvalue weighted by atomic mass is 16.3. The molecule has 5 heteroatoms. The maximum atomic E-state index is 7.32. The number of benzene rings is 9. The highest BCUT2D eigenvalue weighted by Crippen LogP contribution is 2.46.